The minimum Gasteiger partial charge on any atom is -0.495 e. The molecule has 0 fully saturated rings. The Bertz CT molecular complexity index is 1210. The number of benzene rings is 2. The van der Waals surface area contributed by atoms with Crippen molar-refractivity contribution >= 4 is 41.1 Å². The lowest BCUT2D eigenvalue weighted by Crippen LogP contribution is -2.17. The molecule has 0 saturated heterocycles. The van der Waals surface area contributed by atoms with Crippen LogP contribution in [0, 0.1) is 6.92 Å². The van der Waals surface area contributed by atoms with Crippen LogP contribution in [0.5, 0.6) is 5.75 Å². The molecule has 35 heavy (non-hydrogen) atoms. The summed E-state index contributed by atoms with van der Waals surface area (Å²) < 4.78 is 5.46. The zero-order valence-corrected chi connectivity index (χ0v) is 21.1. The van der Waals surface area contributed by atoms with Gasteiger partial charge in [0.1, 0.15) is 11.6 Å². The monoisotopic (exact) mass is 495 g/mol. The molecule has 0 aliphatic carbocycles. The first kappa shape index (κ1) is 26.0. The van der Waals surface area contributed by atoms with Gasteiger partial charge in [-0.3, -0.25) is 0 Å². The zero-order valence-electron chi connectivity index (χ0n) is 20.3. The van der Waals surface area contributed by atoms with Crippen molar-refractivity contribution in [3.63, 3.8) is 0 Å². The number of halogens is 1. The Hall–Kier alpha value is -3.62. The first-order chi connectivity index (χ1) is 16.8. The lowest BCUT2D eigenvalue weighted by Gasteiger charge is -2.16. The number of aliphatic carboxylic acids is 1. The molecule has 0 atom stereocenters. The maximum absolute atomic E-state index is 10.9. The van der Waals surface area contributed by atoms with Gasteiger partial charge >= 0.3 is 5.97 Å². The van der Waals surface area contributed by atoms with E-state index in [0.717, 1.165) is 47.8 Å². The van der Waals surface area contributed by atoms with Crippen molar-refractivity contribution in [2.45, 2.75) is 13.3 Å². The van der Waals surface area contributed by atoms with E-state index < -0.39 is 5.97 Å². The SMILES string of the molecule is COc1cc(Cl)c(C)cc1Nc1ncc(-c2cccc(/C=C/C(=O)O)c2)c(NCCCN(C)C)n1. The van der Waals surface area contributed by atoms with Crippen LogP contribution < -0.4 is 15.4 Å². The first-order valence-electron chi connectivity index (χ1n) is 11.1. The van der Waals surface area contributed by atoms with Crippen molar-refractivity contribution in [3.8, 4) is 16.9 Å². The normalized spacial score (nSPS) is 11.1. The molecule has 3 N–H and O–H groups in total. The van der Waals surface area contributed by atoms with Gasteiger partial charge in [-0.15, -0.1) is 0 Å². The second-order valence-electron chi connectivity index (χ2n) is 8.26. The molecule has 0 radical (unpaired) electrons. The molecule has 184 valence electrons. The van der Waals surface area contributed by atoms with Crippen LogP contribution in [0.2, 0.25) is 5.02 Å². The van der Waals surface area contributed by atoms with Crippen LogP contribution in [-0.4, -0.2) is 60.2 Å². The summed E-state index contributed by atoms with van der Waals surface area (Å²) in [6.07, 6.45) is 5.36. The van der Waals surface area contributed by atoms with E-state index in [9.17, 15) is 4.79 Å². The summed E-state index contributed by atoms with van der Waals surface area (Å²) >= 11 is 6.24. The number of carboxylic acids is 1. The Morgan fingerprint density at radius 2 is 2.06 bits per heavy atom. The lowest BCUT2D eigenvalue weighted by atomic mass is 10.0. The van der Waals surface area contributed by atoms with Gasteiger partial charge in [0.15, 0.2) is 0 Å². The number of anilines is 3. The predicted octanol–water partition coefficient (Wildman–Crippen LogP) is 5.32. The third kappa shape index (κ3) is 7.43. The molecular formula is C26H30ClN5O3. The fraction of sp³-hybridized carbons (Fsp3) is 0.269. The van der Waals surface area contributed by atoms with Crippen molar-refractivity contribution < 1.29 is 14.6 Å². The Morgan fingerprint density at radius 3 is 2.77 bits per heavy atom. The van der Waals surface area contributed by atoms with Gasteiger partial charge in [-0.25, -0.2) is 9.78 Å². The second-order valence-corrected chi connectivity index (χ2v) is 8.67. The zero-order chi connectivity index (χ0) is 25.4. The number of carbonyl (C=O) groups is 1. The smallest absolute Gasteiger partial charge is 0.328 e. The number of aryl methyl sites for hydroxylation is 1. The van der Waals surface area contributed by atoms with Gasteiger partial charge in [-0.1, -0.05) is 29.8 Å². The minimum atomic E-state index is -0.995. The number of hydrogen-bond acceptors (Lipinski definition) is 7. The van der Waals surface area contributed by atoms with E-state index in [1.54, 1.807) is 25.4 Å². The molecule has 9 heteroatoms. The quantitative estimate of drug-likeness (QED) is 0.243. The van der Waals surface area contributed by atoms with Gasteiger partial charge in [-0.05, 0) is 68.9 Å². The summed E-state index contributed by atoms with van der Waals surface area (Å²) in [6.45, 7) is 3.58. The van der Waals surface area contributed by atoms with E-state index in [2.05, 4.69) is 20.5 Å². The van der Waals surface area contributed by atoms with E-state index in [4.69, 9.17) is 26.4 Å². The fourth-order valence-electron chi connectivity index (χ4n) is 3.42. The Kier molecular flexibility index (Phi) is 9.05. The molecule has 0 unspecified atom stereocenters. The van der Waals surface area contributed by atoms with E-state index in [0.29, 0.717) is 28.2 Å². The Morgan fingerprint density at radius 1 is 1.26 bits per heavy atom. The number of nitrogens with zero attached hydrogens (tertiary/aromatic N) is 3. The molecule has 0 saturated carbocycles. The highest BCUT2D eigenvalue weighted by Gasteiger charge is 2.13. The lowest BCUT2D eigenvalue weighted by molar-refractivity contribution is -0.131. The molecule has 0 aliphatic rings. The van der Waals surface area contributed by atoms with E-state index in [1.165, 1.54) is 0 Å². The molecule has 1 aromatic heterocycles. The van der Waals surface area contributed by atoms with Crippen LogP contribution >= 0.6 is 11.6 Å². The molecule has 8 nitrogen and oxygen atoms in total. The van der Waals surface area contributed by atoms with Crippen LogP contribution in [0.1, 0.15) is 17.5 Å². The predicted molar refractivity (Wildman–Crippen MR) is 142 cm³/mol. The highest BCUT2D eigenvalue weighted by Crippen LogP contribution is 2.34. The Balaban J connectivity index is 1.95. The van der Waals surface area contributed by atoms with Crippen molar-refractivity contribution in [3.05, 3.63) is 64.8 Å². The first-order valence-corrected chi connectivity index (χ1v) is 11.5. The van der Waals surface area contributed by atoms with Crippen molar-refractivity contribution in [2.24, 2.45) is 0 Å². The molecule has 0 aliphatic heterocycles. The third-order valence-electron chi connectivity index (χ3n) is 5.21. The highest BCUT2D eigenvalue weighted by molar-refractivity contribution is 6.31. The molecule has 0 spiro atoms. The van der Waals surface area contributed by atoms with Crippen LogP contribution in [-0.2, 0) is 4.79 Å². The van der Waals surface area contributed by atoms with E-state index in [-0.39, 0.29) is 0 Å². The topological polar surface area (TPSA) is 99.6 Å². The van der Waals surface area contributed by atoms with Gasteiger partial charge in [0.25, 0.3) is 0 Å². The highest BCUT2D eigenvalue weighted by atomic mass is 35.5. The molecule has 2 aromatic carbocycles. The van der Waals surface area contributed by atoms with Gasteiger partial charge in [0.05, 0.1) is 12.8 Å². The number of aromatic nitrogens is 2. The maximum atomic E-state index is 10.9. The van der Waals surface area contributed by atoms with Crippen molar-refractivity contribution in [1.29, 1.82) is 0 Å². The van der Waals surface area contributed by atoms with Crippen molar-refractivity contribution in [2.75, 3.05) is 44.9 Å². The molecular weight excluding hydrogens is 466 g/mol. The average molecular weight is 496 g/mol. The summed E-state index contributed by atoms with van der Waals surface area (Å²) in [5.41, 5.74) is 4.07. The summed E-state index contributed by atoms with van der Waals surface area (Å²) in [5.74, 6) is 0.674. The van der Waals surface area contributed by atoms with Crippen LogP contribution in [0.25, 0.3) is 17.2 Å². The summed E-state index contributed by atoms with van der Waals surface area (Å²) in [6, 6.07) is 11.2. The molecule has 0 amide bonds. The largest absolute Gasteiger partial charge is 0.495 e. The summed E-state index contributed by atoms with van der Waals surface area (Å²) in [5, 5.41) is 16.2. The molecule has 3 rings (SSSR count). The summed E-state index contributed by atoms with van der Waals surface area (Å²) in [4.78, 5) is 22.3. The number of rotatable bonds is 11. The number of ether oxygens (including phenoxy) is 1. The van der Waals surface area contributed by atoms with Gasteiger partial charge in [0.2, 0.25) is 5.95 Å². The van der Waals surface area contributed by atoms with Crippen LogP contribution in [0.15, 0.2) is 48.7 Å². The molecule has 1 heterocycles. The minimum absolute atomic E-state index is 0.408. The number of methoxy groups -OCH3 is 1. The number of hydrogen-bond donors (Lipinski definition) is 3. The van der Waals surface area contributed by atoms with E-state index in [1.807, 2.05) is 51.4 Å². The van der Waals surface area contributed by atoms with Gasteiger partial charge in [-0.2, -0.15) is 4.98 Å². The van der Waals surface area contributed by atoms with Crippen LogP contribution in [0.3, 0.4) is 0 Å². The van der Waals surface area contributed by atoms with Crippen LogP contribution in [0.4, 0.5) is 17.5 Å². The molecule has 3 aromatic rings. The summed E-state index contributed by atoms with van der Waals surface area (Å²) in [7, 11) is 5.66. The molecule has 0 bridgehead atoms. The fourth-order valence-corrected chi connectivity index (χ4v) is 3.57. The third-order valence-corrected chi connectivity index (χ3v) is 5.61. The van der Waals surface area contributed by atoms with E-state index >= 15 is 0 Å². The number of carboxylic acid groups (broad SMARTS) is 1. The standard InChI is InChI=1S/C26H30ClN5O3/c1-17-13-22(23(35-4)15-21(17)27)30-26-29-16-20(25(31-26)28-11-6-12-32(2)3)19-8-5-7-18(14-19)9-10-24(33)34/h5,7-10,13-16H,6,11-12H2,1-4H3,(H,33,34)(H2,28,29,30,31)/b10-9+. The van der Waals surface area contributed by atoms with Gasteiger partial charge < -0.3 is 25.4 Å². The van der Waals surface area contributed by atoms with Gasteiger partial charge in [0, 0.05) is 35.5 Å². The maximum Gasteiger partial charge on any atom is 0.328 e. The second kappa shape index (κ2) is 12.2. The van der Waals surface area contributed by atoms with Crippen molar-refractivity contribution in [1.82, 2.24) is 14.9 Å². The number of nitrogens with one attached hydrogen (secondary N) is 2. The average Bonchev–Trinajstić information content (AvgIpc) is 2.83. The Labute approximate surface area is 210 Å².